The molecule has 0 saturated carbocycles. The van der Waals surface area contributed by atoms with Crippen LogP contribution in [0.4, 0.5) is 11.8 Å². The molecule has 1 aliphatic heterocycles. The topological polar surface area (TPSA) is 122 Å². The second kappa shape index (κ2) is 5.49. The normalized spacial score (nSPS) is 20.9. The molecule has 8 nitrogen and oxygen atoms in total. The third-order valence-electron chi connectivity index (χ3n) is 3.90. The van der Waals surface area contributed by atoms with Gasteiger partial charge in [0.1, 0.15) is 5.82 Å². The van der Waals surface area contributed by atoms with Gasteiger partial charge in [0.25, 0.3) is 0 Å². The number of fused-ring (bicyclic) bond motifs is 1. The minimum Gasteiger partial charge on any atom is -0.388 e. The smallest absolute Gasteiger partial charge is 0.222 e. The van der Waals surface area contributed by atoms with E-state index in [1.807, 2.05) is 24.3 Å². The Bertz CT molecular complexity index is 835. The molecule has 3 aromatic rings. The largest absolute Gasteiger partial charge is 0.388 e. The minimum atomic E-state index is -0.564. The number of nitrogens with two attached hydrogens (primary N) is 1. The molecule has 0 bridgehead atoms. The van der Waals surface area contributed by atoms with Gasteiger partial charge in [0, 0.05) is 17.1 Å². The number of H-pyrrole nitrogens is 1. The first kappa shape index (κ1) is 13.9. The monoisotopic (exact) mass is 312 g/mol. The van der Waals surface area contributed by atoms with Crippen molar-refractivity contribution in [2.24, 2.45) is 0 Å². The molecule has 23 heavy (non-hydrogen) atoms. The number of nitrogen functional groups attached to an aromatic ring is 1. The second-order valence-corrected chi connectivity index (χ2v) is 5.49. The third-order valence-corrected chi connectivity index (χ3v) is 3.90. The van der Waals surface area contributed by atoms with Crippen molar-refractivity contribution in [3.63, 3.8) is 0 Å². The Kier molecular flexibility index (Phi) is 3.32. The Morgan fingerprint density at radius 1 is 1.26 bits per heavy atom. The summed E-state index contributed by atoms with van der Waals surface area (Å²) in [6.45, 7) is 0.749. The molecular weight excluding hydrogens is 296 g/mol. The summed E-state index contributed by atoms with van der Waals surface area (Å²) in [6.07, 6.45) is 1.13. The lowest BCUT2D eigenvalue weighted by Crippen LogP contribution is -2.32. The number of aromatic nitrogens is 4. The molecule has 4 rings (SSSR count). The molecule has 1 aromatic carbocycles. The molecule has 5 N–H and O–H groups in total. The number of hydrogen-bond acceptors (Lipinski definition) is 7. The number of aliphatic hydroxyl groups excluding tert-OH is 1. The fraction of sp³-hybridized carbons (Fsp3) is 0.267. The zero-order valence-corrected chi connectivity index (χ0v) is 12.2. The van der Waals surface area contributed by atoms with E-state index in [9.17, 15) is 5.11 Å². The first-order chi connectivity index (χ1) is 11.2. The number of hydrogen-bond donors (Lipinski definition) is 4. The second-order valence-electron chi connectivity index (χ2n) is 5.49. The van der Waals surface area contributed by atoms with E-state index in [1.165, 1.54) is 0 Å². The highest BCUT2D eigenvalue weighted by Crippen LogP contribution is 2.27. The molecule has 2 aromatic heterocycles. The van der Waals surface area contributed by atoms with Gasteiger partial charge in [-0.05, 0) is 18.2 Å². The van der Waals surface area contributed by atoms with Crippen molar-refractivity contribution in [2.75, 3.05) is 24.3 Å². The lowest BCUT2D eigenvalue weighted by molar-refractivity contribution is 0.125. The predicted octanol–water partition coefficient (Wildman–Crippen LogP) is 0.774. The number of aliphatic hydroxyl groups is 1. The molecule has 2 unspecified atom stereocenters. The van der Waals surface area contributed by atoms with Gasteiger partial charge in [-0.3, -0.25) is 5.10 Å². The van der Waals surface area contributed by atoms with Crippen LogP contribution in [0, 0.1) is 0 Å². The Labute approximate surface area is 131 Å². The average Bonchev–Trinajstić information content (AvgIpc) is 3.19. The predicted molar refractivity (Wildman–Crippen MR) is 85.8 cm³/mol. The van der Waals surface area contributed by atoms with Crippen molar-refractivity contribution < 1.29 is 9.84 Å². The van der Waals surface area contributed by atoms with E-state index in [0.717, 1.165) is 22.2 Å². The fourth-order valence-corrected chi connectivity index (χ4v) is 2.70. The van der Waals surface area contributed by atoms with Gasteiger partial charge < -0.3 is 20.9 Å². The maximum atomic E-state index is 9.89. The Morgan fingerprint density at radius 3 is 2.91 bits per heavy atom. The number of benzene rings is 1. The van der Waals surface area contributed by atoms with Gasteiger partial charge in [-0.25, -0.2) is 4.98 Å². The molecule has 0 spiro atoms. The number of nitrogens with zero attached hydrogens (tertiary/aromatic N) is 3. The standard InChI is InChI=1S/C15H16N6O2/c16-15-19-11-5-8(10-3-4-17-21-10)1-2-9(11)14(20-15)18-12-6-23-7-13(12)22/h1-5,12-13,22H,6-7H2,(H,17,21)(H3,16,18,19,20). The van der Waals surface area contributed by atoms with Crippen molar-refractivity contribution in [3.8, 4) is 11.3 Å². The molecule has 118 valence electrons. The number of aromatic amines is 1. The van der Waals surface area contributed by atoms with Gasteiger partial charge in [0.05, 0.1) is 36.6 Å². The molecule has 1 aliphatic rings. The van der Waals surface area contributed by atoms with E-state index < -0.39 is 6.10 Å². The summed E-state index contributed by atoms with van der Waals surface area (Å²) in [7, 11) is 0. The van der Waals surface area contributed by atoms with E-state index >= 15 is 0 Å². The van der Waals surface area contributed by atoms with Crippen LogP contribution in [0.1, 0.15) is 0 Å². The number of ether oxygens (including phenoxy) is 1. The van der Waals surface area contributed by atoms with Crippen LogP contribution in [0.3, 0.4) is 0 Å². The van der Waals surface area contributed by atoms with E-state index in [2.05, 4.69) is 25.5 Å². The molecule has 8 heteroatoms. The third kappa shape index (κ3) is 2.58. The lowest BCUT2D eigenvalue weighted by Gasteiger charge is -2.17. The van der Waals surface area contributed by atoms with E-state index in [0.29, 0.717) is 19.0 Å². The van der Waals surface area contributed by atoms with Crippen LogP contribution in [-0.2, 0) is 4.74 Å². The van der Waals surface area contributed by atoms with Gasteiger partial charge in [-0.1, -0.05) is 6.07 Å². The fourth-order valence-electron chi connectivity index (χ4n) is 2.70. The molecule has 0 aliphatic carbocycles. The summed E-state index contributed by atoms with van der Waals surface area (Å²) in [6, 6.07) is 7.49. The summed E-state index contributed by atoms with van der Waals surface area (Å²) < 4.78 is 5.25. The maximum absolute atomic E-state index is 9.89. The van der Waals surface area contributed by atoms with Crippen molar-refractivity contribution in [1.82, 2.24) is 20.2 Å². The first-order valence-corrected chi connectivity index (χ1v) is 7.30. The molecule has 0 radical (unpaired) electrons. The lowest BCUT2D eigenvalue weighted by atomic mass is 10.1. The summed E-state index contributed by atoms with van der Waals surface area (Å²) in [5.74, 6) is 0.772. The summed E-state index contributed by atoms with van der Waals surface area (Å²) in [4.78, 5) is 8.56. The SMILES string of the molecule is Nc1nc(NC2COCC2O)c2ccc(-c3ccn[nH]3)cc2n1. The highest BCUT2D eigenvalue weighted by Gasteiger charge is 2.27. The van der Waals surface area contributed by atoms with Gasteiger partial charge in [-0.15, -0.1) is 0 Å². The van der Waals surface area contributed by atoms with Crippen LogP contribution in [0.5, 0.6) is 0 Å². The number of nitrogens with one attached hydrogen (secondary N) is 2. The summed E-state index contributed by atoms with van der Waals surface area (Å²) in [5, 5.41) is 20.8. The maximum Gasteiger partial charge on any atom is 0.222 e. The van der Waals surface area contributed by atoms with Gasteiger partial charge in [0.2, 0.25) is 5.95 Å². The minimum absolute atomic E-state index is 0.176. The molecule has 1 fully saturated rings. The molecule has 2 atom stereocenters. The van der Waals surface area contributed by atoms with Gasteiger partial charge in [0.15, 0.2) is 0 Å². The van der Waals surface area contributed by atoms with Crippen molar-refractivity contribution >= 4 is 22.7 Å². The van der Waals surface area contributed by atoms with E-state index in [1.54, 1.807) is 6.20 Å². The van der Waals surface area contributed by atoms with E-state index in [4.69, 9.17) is 10.5 Å². The zero-order valence-electron chi connectivity index (χ0n) is 12.2. The van der Waals surface area contributed by atoms with Crippen LogP contribution in [-0.4, -0.2) is 50.6 Å². The summed E-state index contributed by atoms with van der Waals surface area (Å²) in [5.41, 5.74) is 8.41. The van der Waals surface area contributed by atoms with Crippen LogP contribution in [0.15, 0.2) is 30.5 Å². The van der Waals surface area contributed by atoms with Crippen molar-refractivity contribution in [3.05, 3.63) is 30.5 Å². The van der Waals surface area contributed by atoms with Crippen LogP contribution >= 0.6 is 0 Å². The molecule has 1 saturated heterocycles. The van der Waals surface area contributed by atoms with Crippen molar-refractivity contribution in [2.45, 2.75) is 12.1 Å². The Morgan fingerprint density at radius 2 is 2.17 bits per heavy atom. The van der Waals surface area contributed by atoms with E-state index in [-0.39, 0.29) is 12.0 Å². The quantitative estimate of drug-likeness (QED) is 0.563. The molecule has 0 amide bonds. The first-order valence-electron chi connectivity index (χ1n) is 7.30. The van der Waals surface area contributed by atoms with Crippen LogP contribution in [0.25, 0.3) is 22.2 Å². The molecular formula is C15H16N6O2. The Hall–Kier alpha value is -2.71. The highest BCUT2D eigenvalue weighted by atomic mass is 16.5. The van der Waals surface area contributed by atoms with Gasteiger partial charge >= 0.3 is 0 Å². The zero-order chi connectivity index (χ0) is 15.8. The van der Waals surface area contributed by atoms with Crippen LogP contribution < -0.4 is 11.1 Å². The van der Waals surface area contributed by atoms with Gasteiger partial charge in [-0.2, -0.15) is 10.1 Å². The Balaban J connectivity index is 1.76. The number of anilines is 2. The highest BCUT2D eigenvalue weighted by molar-refractivity contribution is 5.92. The van der Waals surface area contributed by atoms with Crippen molar-refractivity contribution in [1.29, 1.82) is 0 Å². The number of rotatable bonds is 3. The summed E-state index contributed by atoms with van der Waals surface area (Å²) >= 11 is 0. The molecule has 3 heterocycles. The average molecular weight is 312 g/mol. The van der Waals surface area contributed by atoms with Crippen LogP contribution in [0.2, 0.25) is 0 Å².